The van der Waals surface area contributed by atoms with E-state index in [1.165, 1.54) is 12.3 Å². The van der Waals surface area contributed by atoms with Gasteiger partial charge < -0.3 is 10.4 Å². The highest BCUT2D eigenvalue weighted by atomic mass is 35.5. The van der Waals surface area contributed by atoms with E-state index in [4.69, 9.17) is 11.6 Å². The molecule has 20 heavy (non-hydrogen) atoms. The van der Waals surface area contributed by atoms with Crippen molar-refractivity contribution >= 4 is 29.3 Å². The highest BCUT2D eigenvalue weighted by molar-refractivity contribution is 6.30. The van der Waals surface area contributed by atoms with Gasteiger partial charge in [0.1, 0.15) is 5.82 Å². The fourth-order valence-corrected chi connectivity index (χ4v) is 3.36. The van der Waals surface area contributed by atoms with Crippen LogP contribution in [-0.4, -0.2) is 22.0 Å². The molecule has 2 aliphatic carbocycles. The first-order valence-corrected chi connectivity index (χ1v) is 6.77. The zero-order chi connectivity index (χ0) is 14.3. The van der Waals surface area contributed by atoms with Crippen molar-refractivity contribution in [2.75, 3.05) is 5.32 Å². The highest BCUT2D eigenvalue weighted by Gasteiger charge is 2.51. The highest BCUT2D eigenvalue weighted by Crippen LogP contribution is 2.48. The van der Waals surface area contributed by atoms with Gasteiger partial charge >= 0.3 is 5.97 Å². The standard InChI is InChI=1S/C14H13ClN2O3/c15-9-3-4-16-10(6-9)17-13(18)11-7-1-2-8(5-7)12(11)14(19)20/h1-4,6-8,11-12H,5H2,(H,19,20)(H,16,17,18). The molecule has 1 fully saturated rings. The van der Waals surface area contributed by atoms with E-state index in [2.05, 4.69) is 10.3 Å². The Morgan fingerprint density at radius 3 is 2.65 bits per heavy atom. The number of hydrogen-bond acceptors (Lipinski definition) is 3. The number of halogens is 1. The van der Waals surface area contributed by atoms with Gasteiger partial charge in [-0.25, -0.2) is 4.98 Å². The minimum Gasteiger partial charge on any atom is -0.481 e. The number of amides is 1. The van der Waals surface area contributed by atoms with Gasteiger partial charge in [0.2, 0.25) is 5.91 Å². The van der Waals surface area contributed by atoms with E-state index in [0.717, 1.165) is 6.42 Å². The summed E-state index contributed by atoms with van der Waals surface area (Å²) in [7, 11) is 0. The molecule has 104 valence electrons. The Morgan fingerprint density at radius 2 is 2.00 bits per heavy atom. The number of carbonyl (C=O) groups is 2. The normalized spacial score (nSPS) is 30.4. The van der Waals surface area contributed by atoms with Crippen molar-refractivity contribution in [1.82, 2.24) is 4.98 Å². The molecule has 1 aromatic heterocycles. The fourth-order valence-electron chi connectivity index (χ4n) is 3.20. The molecule has 2 bridgehead atoms. The second-order valence-electron chi connectivity index (χ2n) is 5.19. The number of aromatic nitrogens is 1. The maximum absolute atomic E-state index is 12.3. The van der Waals surface area contributed by atoms with Crippen molar-refractivity contribution < 1.29 is 14.7 Å². The van der Waals surface area contributed by atoms with E-state index >= 15 is 0 Å². The Morgan fingerprint density at radius 1 is 1.30 bits per heavy atom. The molecule has 4 unspecified atom stereocenters. The van der Waals surface area contributed by atoms with Gasteiger partial charge in [0.15, 0.2) is 0 Å². The van der Waals surface area contributed by atoms with Crippen molar-refractivity contribution in [3.8, 4) is 0 Å². The minimum absolute atomic E-state index is 0.000263. The largest absolute Gasteiger partial charge is 0.481 e. The molecule has 1 heterocycles. The van der Waals surface area contributed by atoms with Crippen LogP contribution >= 0.6 is 11.6 Å². The number of anilines is 1. The Hall–Kier alpha value is -1.88. The lowest BCUT2D eigenvalue weighted by molar-refractivity contribution is -0.146. The summed E-state index contributed by atoms with van der Waals surface area (Å²) in [5, 5.41) is 12.4. The molecule has 2 aliphatic rings. The molecule has 0 saturated heterocycles. The van der Waals surface area contributed by atoms with Gasteiger partial charge in [-0.2, -0.15) is 0 Å². The SMILES string of the molecule is O=C(O)C1C2C=CC(C2)C1C(=O)Nc1cc(Cl)ccn1. The first-order chi connectivity index (χ1) is 9.56. The van der Waals surface area contributed by atoms with Crippen LogP contribution in [0.5, 0.6) is 0 Å². The second-order valence-corrected chi connectivity index (χ2v) is 5.62. The molecule has 2 N–H and O–H groups in total. The average Bonchev–Trinajstić information content (AvgIpc) is 2.98. The first-order valence-electron chi connectivity index (χ1n) is 6.40. The number of nitrogens with one attached hydrogen (secondary N) is 1. The molecule has 1 saturated carbocycles. The molecule has 0 spiro atoms. The van der Waals surface area contributed by atoms with Crippen LogP contribution in [0.15, 0.2) is 30.5 Å². The number of carbonyl (C=O) groups excluding carboxylic acids is 1. The van der Waals surface area contributed by atoms with E-state index in [9.17, 15) is 14.7 Å². The topological polar surface area (TPSA) is 79.3 Å². The van der Waals surface area contributed by atoms with Crippen molar-refractivity contribution in [3.63, 3.8) is 0 Å². The van der Waals surface area contributed by atoms with Crippen molar-refractivity contribution in [1.29, 1.82) is 0 Å². The average molecular weight is 293 g/mol. The molecule has 6 heteroatoms. The lowest BCUT2D eigenvalue weighted by atomic mass is 9.82. The minimum atomic E-state index is -0.916. The van der Waals surface area contributed by atoms with Crippen LogP contribution in [0.2, 0.25) is 5.02 Å². The molecule has 0 radical (unpaired) electrons. The number of rotatable bonds is 3. The lowest BCUT2D eigenvalue weighted by Crippen LogP contribution is -2.36. The van der Waals surface area contributed by atoms with Crippen LogP contribution in [0.1, 0.15) is 6.42 Å². The van der Waals surface area contributed by atoms with Crippen LogP contribution in [-0.2, 0) is 9.59 Å². The predicted octanol–water partition coefficient (Wildman–Crippen LogP) is 2.20. The van der Waals surface area contributed by atoms with Crippen molar-refractivity contribution in [2.24, 2.45) is 23.7 Å². The maximum atomic E-state index is 12.3. The van der Waals surface area contributed by atoms with E-state index in [1.54, 1.807) is 6.07 Å². The van der Waals surface area contributed by atoms with E-state index < -0.39 is 17.8 Å². The van der Waals surface area contributed by atoms with Gasteiger partial charge in [-0.3, -0.25) is 9.59 Å². The van der Waals surface area contributed by atoms with Gasteiger partial charge in [0, 0.05) is 11.2 Å². The zero-order valence-electron chi connectivity index (χ0n) is 10.5. The smallest absolute Gasteiger partial charge is 0.307 e. The van der Waals surface area contributed by atoms with Gasteiger partial charge in [0.25, 0.3) is 0 Å². The number of carboxylic acid groups (broad SMARTS) is 1. The predicted molar refractivity (Wildman–Crippen MR) is 73.2 cm³/mol. The van der Waals surface area contributed by atoms with Gasteiger partial charge in [0.05, 0.1) is 11.8 Å². The quantitative estimate of drug-likeness (QED) is 0.837. The molecule has 0 aliphatic heterocycles. The number of aliphatic carboxylic acids is 1. The Labute approximate surface area is 120 Å². The van der Waals surface area contributed by atoms with Crippen LogP contribution in [0, 0.1) is 23.7 Å². The molecule has 5 nitrogen and oxygen atoms in total. The van der Waals surface area contributed by atoms with Crippen molar-refractivity contribution in [2.45, 2.75) is 6.42 Å². The molecule has 3 rings (SSSR count). The van der Waals surface area contributed by atoms with E-state index in [1.807, 2.05) is 12.2 Å². The summed E-state index contributed by atoms with van der Waals surface area (Å²) in [5.41, 5.74) is 0. The number of allylic oxidation sites excluding steroid dienone is 2. The number of carboxylic acids is 1. The second kappa shape index (κ2) is 4.90. The van der Waals surface area contributed by atoms with E-state index in [0.29, 0.717) is 10.8 Å². The Bertz CT molecular complexity index is 602. The van der Waals surface area contributed by atoms with Gasteiger partial charge in [-0.05, 0) is 30.4 Å². The van der Waals surface area contributed by atoms with Crippen LogP contribution in [0.4, 0.5) is 5.82 Å². The third kappa shape index (κ3) is 2.18. The van der Waals surface area contributed by atoms with Gasteiger partial charge in [-0.1, -0.05) is 23.8 Å². The van der Waals surface area contributed by atoms with Crippen LogP contribution in [0.25, 0.3) is 0 Å². The summed E-state index contributed by atoms with van der Waals surface area (Å²) < 4.78 is 0. The Balaban J connectivity index is 1.80. The van der Waals surface area contributed by atoms with Crippen molar-refractivity contribution in [3.05, 3.63) is 35.5 Å². The summed E-state index contributed by atoms with van der Waals surface area (Å²) in [6.07, 6.45) is 6.08. The summed E-state index contributed by atoms with van der Waals surface area (Å²) in [4.78, 5) is 27.7. The number of nitrogens with zero attached hydrogens (tertiary/aromatic N) is 1. The molecule has 1 amide bonds. The molecule has 1 aromatic rings. The maximum Gasteiger partial charge on any atom is 0.307 e. The molecular formula is C14H13ClN2O3. The summed E-state index contributed by atoms with van der Waals surface area (Å²) >= 11 is 5.83. The zero-order valence-corrected chi connectivity index (χ0v) is 11.2. The summed E-state index contributed by atoms with van der Waals surface area (Å²) in [6, 6.07) is 3.15. The number of pyridine rings is 1. The summed E-state index contributed by atoms with van der Waals surface area (Å²) in [6.45, 7) is 0. The van der Waals surface area contributed by atoms with E-state index in [-0.39, 0.29) is 17.7 Å². The Kier molecular flexibility index (Phi) is 3.22. The lowest BCUT2D eigenvalue weighted by Gasteiger charge is -2.23. The van der Waals surface area contributed by atoms with Gasteiger partial charge in [-0.15, -0.1) is 0 Å². The molecule has 4 atom stereocenters. The number of hydrogen-bond donors (Lipinski definition) is 2. The van der Waals surface area contributed by atoms with Crippen LogP contribution < -0.4 is 5.32 Å². The third-order valence-corrected chi connectivity index (χ3v) is 4.26. The number of fused-ring (bicyclic) bond motifs is 2. The monoisotopic (exact) mass is 292 g/mol. The third-order valence-electron chi connectivity index (χ3n) is 4.02. The van der Waals surface area contributed by atoms with Crippen LogP contribution in [0.3, 0.4) is 0 Å². The summed E-state index contributed by atoms with van der Waals surface area (Å²) in [5.74, 6) is -2.10. The fraction of sp³-hybridized carbons (Fsp3) is 0.357. The molecular weight excluding hydrogens is 280 g/mol. The first kappa shape index (κ1) is 13.1. The molecule has 0 aromatic carbocycles.